The topological polar surface area (TPSA) is 66.9 Å². The van der Waals surface area contributed by atoms with E-state index in [2.05, 4.69) is 20.8 Å². The van der Waals surface area contributed by atoms with E-state index < -0.39 is 17.2 Å². The molecule has 0 aliphatic rings. The Labute approximate surface area is 115 Å². The lowest BCUT2D eigenvalue weighted by Gasteiger charge is -2.07. The summed E-state index contributed by atoms with van der Waals surface area (Å²) in [6.07, 6.45) is -4.57. The van der Waals surface area contributed by atoms with Gasteiger partial charge in [-0.15, -0.1) is 10.2 Å². The number of amides is 2. The van der Waals surface area contributed by atoms with E-state index in [4.69, 9.17) is 0 Å². The third-order valence-electron chi connectivity index (χ3n) is 2.28. The van der Waals surface area contributed by atoms with Crippen molar-refractivity contribution in [2.45, 2.75) is 13.1 Å². The summed E-state index contributed by atoms with van der Waals surface area (Å²) >= 11 is 0.264. The summed E-state index contributed by atoms with van der Waals surface area (Å²) in [6, 6.07) is 6.33. The smallest absolute Gasteiger partial charge is 0.307 e. The SMILES string of the molecule is Cc1ccccc1NC(=O)Nc1nnc(C(F)(F)F)s1. The Hall–Kier alpha value is -2.16. The number of benzene rings is 1. The number of rotatable bonds is 2. The van der Waals surface area contributed by atoms with Gasteiger partial charge >= 0.3 is 12.2 Å². The molecule has 20 heavy (non-hydrogen) atoms. The fraction of sp³-hybridized carbons (Fsp3) is 0.182. The molecule has 106 valence electrons. The Kier molecular flexibility index (Phi) is 3.89. The first-order valence-electron chi connectivity index (χ1n) is 5.40. The molecule has 0 unspecified atom stereocenters. The van der Waals surface area contributed by atoms with Gasteiger partial charge in [0, 0.05) is 5.69 Å². The van der Waals surface area contributed by atoms with Crippen LogP contribution in [0.5, 0.6) is 0 Å². The predicted molar refractivity (Wildman–Crippen MR) is 68.7 cm³/mol. The third kappa shape index (κ3) is 3.44. The number of urea groups is 1. The Morgan fingerprint density at radius 2 is 1.90 bits per heavy atom. The van der Waals surface area contributed by atoms with Crippen LogP contribution in [-0.2, 0) is 6.18 Å². The standard InChI is InChI=1S/C11H9F3N4OS/c1-6-4-2-3-5-7(6)15-9(19)16-10-18-17-8(20-10)11(12,13)14/h2-5H,1H3,(H2,15,16,18,19). The van der Waals surface area contributed by atoms with Gasteiger partial charge in [-0.05, 0) is 18.6 Å². The van der Waals surface area contributed by atoms with E-state index in [9.17, 15) is 18.0 Å². The Balaban J connectivity index is 2.02. The van der Waals surface area contributed by atoms with Gasteiger partial charge in [-0.25, -0.2) is 4.79 Å². The number of para-hydroxylation sites is 1. The highest BCUT2D eigenvalue weighted by atomic mass is 32.1. The van der Waals surface area contributed by atoms with E-state index in [0.717, 1.165) is 5.56 Å². The molecule has 0 aliphatic heterocycles. The molecule has 1 aromatic heterocycles. The zero-order valence-corrected chi connectivity index (χ0v) is 11.0. The maximum absolute atomic E-state index is 12.3. The van der Waals surface area contributed by atoms with Crippen molar-refractivity contribution in [2.24, 2.45) is 0 Å². The molecule has 5 nitrogen and oxygen atoms in total. The van der Waals surface area contributed by atoms with Crippen molar-refractivity contribution in [3.05, 3.63) is 34.8 Å². The molecule has 0 saturated heterocycles. The molecular formula is C11H9F3N4OS. The second-order valence-electron chi connectivity index (χ2n) is 3.80. The number of nitrogens with one attached hydrogen (secondary N) is 2. The average Bonchev–Trinajstić information content (AvgIpc) is 2.80. The zero-order valence-electron chi connectivity index (χ0n) is 10.2. The summed E-state index contributed by atoms with van der Waals surface area (Å²) in [4.78, 5) is 11.6. The summed E-state index contributed by atoms with van der Waals surface area (Å²) in [5.41, 5.74) is 1.39. The molecule has 1 heterocycles. The molecule has 0 atom stereocenters. The van der Waals surface area contributed by atoms with Gasteiger partial charge in [0.2, 0.25) is 10.1 Å². The van der Waals surface area contributed by atoms with E-state index in [1.54, 1.807) is 31.2 Å². The van der Waals surface area contributed by atoms with Gasteiger partial charge in [0.05, 0.1) is 0 Å². The molecule has 2 N–H and O–H groups in total. The third-order valence-corrected chi connectivity index (χ3v) is 3.16. The van der Waals surface area contributed by atoms with Crippen LogP contribution in [0.4, 0.5) is 28.8 Å². The van der Waals surface area contributed by atoms with Crippen LogP contribution in [0, 0.1) is 6.92 Å². The van der Waals surface area contributed by atoms with Crippen LogP contribution in [0.3, 0.4) is 0 Å². The maximum atomic E-state index is 12.3. The Morgan fingerprint density at radius 1 is 1.20 bits per heavy atom. The number of anilines is 2. The fourth-order valence-electron chi connectivity index (χ4n) is 1.35. The number of aryl methyl sites for hydroxylation is 1. The lowest BCUT2D eigenvalue weighted by molar-refractivity contribution is -0.138. The normalized spacial score (nSPS) is 11.2. The number of halogens is 3. The highest BCUT2D eigenvalue weighted by Gasteiger charge is 2.35. The van der Waals surface area contributed by atoms with E-state index in [-0.39, 0.29) is 16.5 Å². The molecule has 2 rings (SSSR count). The lowest BCUT2D eigenvalue weighted by atomic mass is 10.2. The molecule has 0 bridgehead atoms. The first-order chi connectivity index (χ1) is 9.36. The van der Waals surface area contributed by atoms with Gasteiger partial charge in [-0.3, -0.25) is 5.32 Å². The molecule has 0 saturated carbocycles. The molecule has 9 heteroatoms. The molecule has 0 aliphatic carbocycles. The fourth-order valence-corrected chi connectivity index (χ4v) is 1.96. The van der Waals surface area contributed by atoms with Crippen molar-refractivity contribution in [1.82, 2.24) is 10.2 Å². The first kappa shape index (κ1) is 14.3. The van der Waals surface area contributed by atoms with Crippen LogP contribution in [0.1, 0.15) is 10.6 Å². The van der Waals surface area contributed by atoms with E-state index in [0.29, 0.717) is 5.69 Å². The summed E-state index contributed by atoms with van der Waals surface area (Å²) in [5.74, 6) is 0. The second-order valence-corrected chi connectivity index (χ2v) is 4.78. The van der Waals surface area contributed by atoms with E-state index >= 15 is 0 Å². The molecule has 0 radical (unpaired) electrons. The Bertz CT molecular complexity index is 626. The molecular weight excluding hydrogens is 293 g/mol. The van der Waals surface area contributed by atoms with Crippen LogP contribution < -0.4 is 10.6 Å². The van der Waals surface area contributed by atoms with Gasteiger partial charge in [-0.2, -0.15) is 13.2 Å². The average molecular weight is 302 g/mol. The summed E-state index contributed by atoms with van der Waals surface area (Å²) in [6.45, 7) is 1.79. The van der Waals surface area contributed by atoms with Crippen molar-refractivity contribution >= 4 is 28.2 Å². The van der Waals surface area contributed by atoms with Crippen LogP contribution in [-0.4, -0.2) is 16.2 Å². The monoisotopic (exact) mass is 302 g/mol. The summed E-state index contributed by atoms with van der Waals surface area (Å²) in [7, 11) is 0. The van der Waals surface area contributed by atoms with Crippen LogP contribution >= 0.6 is 11.3 Å². The predicted octanol–water partition coefficient (Wildman–Crippen LogP) is 3.51. The van der Waals surface area contributed by atoms with Crippen LogP contribution in [0.25, 0.3) is 0 Å². The van der Waals surface area contributed by atoms with Crippen molar-refractivity contribution < 1.29 is 18.0 Å². The molecule has 1 aromatic carbocycles. The first-order valence-corrected chi connectivity index (χ1v) is 6.22. The molecule has 2 amide bonds. The number of hydrogen-bond acceptors (Lipinski definition) is 4. The summed E-state index contributed by atoms with van der Waals surface area (Å²) < 4.78 is 37.0. The van der Waals surface area contributed by atoms with Crippen molar-refractivity contribution in [3.63, 3.8) is 0 Å². The Morgan fingerprint density at radius 3 is 2.50 bits per heavy atom. The van der Waals surface area contributed by atoms with Crippen molar-refractivity contribution in [1.29, 1.82) is 0 Å². The number of carbonyl (C=O) groups is 1. The number of aromatic nitrogens is 2. The van der Waals surface area contributed by atoms with Gasteiger partial charge < -0.3 is 5.32 Å². The minimum absolute atomic E-state index is 0.219. The quantitative estimate of drug-likeness (QED) is 0.892. The van der Waals surface area contributed by atoms with Crippen LogP contribution in [0.2, 0.25) is 0 Å². The molecule has 0 spiro atoms. The number of nitrogens with zero attached hydrogens (tertiary/aromatic N) is 2. The van der Waals surface area contributed by atoms with E-state index in [1.165, 1.54) is 0 Å². The van der Waals surface area contributed by atoms with Gasteiger partial charge in [0.15, 0.2) is 0 Å². The van der Waals surface area contributed by atoms with Crippen LogP contribution in [0.15, 0.2) is 24.3 Å². The summed E-state index contributed by atoms with van der Waals surface area (Å²) in [5, 5.41) is 9.62. The lowest BCUT2D eigenvalue weighted by Crippen LogP contribution is -2.19. The van der Waals surface area contributed by atoms with Crippen molar-refractivity contribution in [2.75, 3.05) is 10.6 Å². The van der Waals surface area contributed by atoms with Gasteiger partial charge in [-0.1, -0.05) is 29.5 Å². The van der Waals surface area contributed by atoms with Gasteiger partial charge in [0.25, 0.3) is 0 Å². The zero-order chi connectivity index (χ0) is 14.8. The number of hydrogen-bond donors (Lipinski definition) is 2. The largest absolute Gasteiger partial charge is 0.445 e. The number of carbonyl (C=O) groups excluding carboxylic acids is 1. The second kappa shape index (κ2) is 5.45. The van der Waals surface area contributed by atoms with E-state index in [1.807, 2.05) is 0 Å². The minimum atomic E-state index is -4.57. The number of alkyl halides is 3. The molecule has 0 fully saturated rings. The maximum Gasteiger partial charge on any atom is 0.445 e. The minimum Gasteiger partial charge on any atom is -0.307 e. The van der Waals surface area contributed by atoms with Gasteiger partial charge in [0.1, 0.15) is 0 Å². The molecule has 2 aromatic rings. The highest BCUT2D eigenvalue weighted by molar-refractivity contribution is 7.15. The van der Waals surface area contributed by atoms with Crippen molar-refractivity contribution in [3.8, 4) is 0 Å². The highest BCUT2D eigenvalue weighted by Crippen LogP contribution is 2.33.